The van der Waals surface area contributed by atoms with Crippen molar-refractivity contribution < 1.29 is 31.8 Å². The highest BCUT2D eigenvalue weighted by molar-refractivity contribution is 7.89. The molecular formula is C18H18F3NO4S. The summed E-state index contributed by atoms with van der Waals surface area (Å²) >= 11 is 0. The molecule has 27 heavy (non-hydrogen) atoms. The van der Waals surface area contributed by atoms with Gasteiger partial charge in [0.25, 0.3) is 0 Å². The third-order valence-corrected chi connectivity index (χ3v) is 6.18. The molecular weight excluding hydrogens is 383 g/mol. The van der Waals surface area contributed by atoms with Crippen LogP contribution in [0, 0.1) is 0 Å². The van der Waals surface area contributed by atoms with Gasteiger partial charge in [0, 0.05) is 5.92 Å². The molecule has 0 aliphatic heterocycles. The van der Waals surface area contributed by atoms with Gasteiger partial charge in [-0.05, 0) is 36.2 Å². The third kappa shape index (κ3) is 4.16. The summed E-state index contributed by atoms with van der Waals surface area (Å²) in [6.45, 7) is 0. The van der Waals surface area contributed by atoms with E-state index in [0.29, 0.717) is 12.1 Å². The van der Waals surface area contributed by atoms with Crippen LogP contribution in [-0.2, 0) is 16.2 Å². The fourth-order valence-corrected chi connectivity index (χ4v) is 4.58. The van der Waals surface area contributed by atoms with Crippen molar-refractivity contribution in [2.24, 2.45) is 0 Å². The summed E-state index contributed by atoms with van der Waals surface area (Å²) < 4.78 is 65.5. The van der Waals surface area contributed by atoms with Crippen LogP contribution in [0.3, 0.4) is 0 Å². The first-order chi connectivity index (χ1) is 12.6. The van der Waals surface area contributed by atoms with Gasteiger partial charge < -0.3 is 10.2 Å². The second-order valence-electron chi connectivity index (χ2n) is 6.48. The van der Waals surface area contributed by atoms with Gasteiger partial charge in [-0.3, -0.25) is 0 Å². The lowest BCUT2D eigenvalue weighted by Gasteiger charge is -2.23. The predicted octanol–water partition coefficient (Wildman–Crippen LogP) is 2.26. The van der Waals surface area contributed by atoms with E-state index < -0.39 is 45.9 Å². The minimum atomic E-state index is -4.57. The standard InChI is InChI=1S/C18H18F3NO4S/c19-18(20,21)12-6-8-13(9-7-12)27(25,26)22-16-14(10-15(23)17(16)24)11-4-2-1-3-5-11/h1-9,14-17,22-24H,10H2. The van der Waals surface area contributed by atoms with Crippen LogP contribution in [0.5, 0.6) is 0 Å². The first-order valence-electron chi connectivity index (χ1n) is 8.20. The minimum absolute atomic E-state index is 0.158. The highest BCUT2D eigenvalue weighted by atomic mass is 32.2. The van der Waals surface area contributed by atoms with Crippen molar-refractivity contribution in [3.05, 3.63) is 65.7 Å². The molecule has 2 aromatic rings. The zero-order valence-electron chi connectivity index (χ0n) is 14.0. The van der Waals surface area contributed by atoms with Crippen molar-refractivity contribution >= 4 is 10.0 Å². The van der Waals surface area contributed by atoms with Gasteiger partial charge in [0.05, 0.1) is 28.7 Å². The Labute approximate surface area is 154 Å². The molecule has 1 aliphatic rings. The van der Waals surface area contributed by atoms with Crippen molar-refractivity contribution in [2.45, 2.75) is 41.7 Å². The van der Waals surface area contributed by atoms with Gasteiger partial charge in [-0.15, -0.1) is 0 Å². The number of hydrogen-bond donors (Lipinski definition) is 3. The van der Waals surface area contributed by atoms with Gasteiger partial charge in [0.2, 0.25) is 10.0 Å². The minimum Gasteiger partial charge on any atom is -0.390 e. The molecule has 1 fully saturated rings. The van der Waals surface area contributed by atoms with E-state index in [9.17, 15) is 31.8 Å². The van der Waals surface area contributed by atoms with Gasteiger partial charge in [-0.2, -0.15) is 13.2 Å². The normalized spacial score (nSPS) is 26.3. The number of rotatable bonds is 4. The van der Waals surface area contributed by atoms with E-state index in [4.69, 9.17) is 0 Å². The maximum absolute atomic E-state index is 12.7. The topological polar surface area (TPSA) is 86.6 Å². The maximum atomic E-state index is 12.7. The van der Waals surface area contributed by atoms with Crippen molar-refractivity contribution in [1.82, 2.24) is 4.72 Å². The Bertz CT molecular complexity index is 885. The molecule has 0 spiro atoms. The van der Waals surface area contributed by atoms with E-state index >= 15 is 0 Å². The molecule has 1 aliphatic carbocycles. The monoisotopic (exact) mass is 401 g/mol. The molecule has 3 rings (SSSR count). The fraction of sp³-hybridized carbons (Fsp3) is 0.333. The molecule has 9 heteroatoms. The smallest absolute Gasteiger partial charge is 0.390 e. The SMILES string of the molecule is O=S(=O)(NC1C(c2ccccc2)CC(O)C1O)c1ccc(C(F)(F)F)cc1. The van der Waals surface area contributed by atoms with Crippen LogP contribution in [-0.4, -0.2) is 36.9 Å². The highest BCUT2D eigenvalue weighted by Gasteiger charge is 2.44. The summed E-state index contributed by atoms with van der Waals surface area (Å²) in [5.41, 5.74) is -0.215. The lowest BCUT2D eigenvalue weighted by Crippen LogP contribution is -2.45. The Morgan fingerprint density at radius 3 is 2.11 bits per heavy atom. The zero-order chi connectivity index (χ0) is 19.8. The zero-order valence-corrected chi connectivity index (χ0v) is 14.8. The van der Waals surface area contributed by atoms with E-state index in [1.165, 1.54) is 0 Å². The number of sulfonamides is 1. The summed E-state index contributed by atoms with van der Waals surface area (Å²) in [5, 5.41) is 20.2. The fourth-order valence-electron chi connectivity index (χ4n) is 3.29. The maximum Gasteiger partial charge on any atom is 0.416 e. The van der Waals surface area contributed by atoms with E-state index in [1.807, 2.05) is 0 Å². The largest absolute Gasteiger partial charge is 0.416 e. The molecule has 0 aromatic heterocycles. The van der Waals surface area contributed by atoms with Gasteiger partial charge in [0.15, 0.2) is 0 Å². The molecule has 2 aromatic carbocycles. The number of aliphatic hydroxyl groups excluding tert-OH is 2. The second kappa shape index (κ2) is 7.23. The third-order valence-electron chi connectivity index (χ3n) is 4.70. The first kappa shape index (κ1) is 19.8. The van der Waals surface area contributed by atoms with Gasteiger partial charge in [-0.25, -0.2) is 13.1 Å². The Kier molecular flexibility index (Phi) is 5.31. The number of aliphatic hydroxyl groups is 2. The Morgan fingerprint density at radius 1 is 0.963 bits per heavy atom. The van der Waals surface area contributed by atoms with Crippen LogP contribution in [0.1, 0.15) is 23.5 Å². The molecule has 146 valence electrons. The van der Waals surface area contributed by atoms with Gasteiger partial charge in [0.1, 0.15) is 0 Å². The molecule has 5 nitrogen and oxygen atoms in total. The van der Waals surface area contributed by atoms with E-state index in [2.05, 4.69) is 4.72 Å². The molecule has 0 amide bonds. The number of halogens is 3. The Balaban J connectivity index is 1.87. The van der Waals surface area contributed by atoms with Crippen LogP contribution in [0.4, 0.5) is 13.2 Å². The lowest BCUT2D eigenvalue weighted by molar-refractivity contribution is -0.137. The number of benzene rings is 2. The average Bonchev–Trinajstić information content (AvgIpc) is 2.90. The number of nitrogens with one attached hydrogen (secondary N) is 1. The van der Waals surface area contributed by atoms with Gasteiger partial charge >= 0.3 is 6.18 Å². The molecule has 0 bridgehead atoms. The molecule has 0 heterocycles. The van der Waals surface area contributed by atoms with Crippen LogP contribution in [0.15, 0.2) is 59.5 Å². The molecule has 1 saturated carbocycles. The van der Waals surface area contributed by atoms with E-state index in [0.717, 1.165) is 17.7 Å². The second-order valence-corrected chi connectivity index (χ2v) is 8.19. The van der Waals surface area contributed by atoms with Crippen molar-refractivity contribution in [3.8, 4) is 0 Å². The Hall–Kier alpha value is -1.94. The van der Waals surface area contributed by atoms with E-state index in [-0.39, 0.29) is 11.3 Å². The van der Waals surface area contributed by atoms with Crippen molar-refractivity contribution in [2.75, 3.05) is 0 Å². The molecule has 3 N–H and O–H groups in total. The highest BCUT2D eigenvalue weighted by Crippen LogP contribution is 2.36. The summed E-state index contributed by atoms with van der Waals surface area (Å²) in [7, 11) is -4.19. The van der Waals surface area contributed by atoms with Crippen molar-refractivity contribution in [3.63, 3.8) is 0 Å². The van der Waals surface area contributed by atoms with Crippen LogP contribution < -0.4 is 4.72 Å². The summed E-state index contributed by atoms with van der Waals surface area (Å²) in [5.74, 6) is -0.472. The van der Waals surface area contributed by atoms with E-state index in [1.54, 1.807) is 30.3 Å². The molecule has 4 unspecified atom stereocenters. The number of alkyl halides is 3. The quantitative estimate of drug-likeness (QED) is 0.734. The van der Waals surface area contributed by atoms with Crippen LogP contribution in [0.25, 0.3) is 0 Å². The lowest BCUT2D eigenvalue weighted by atomic mass is 9.94. The average molecular weight is 401 g/mol. The molecule has 0 radical (unpaired) electrons. The van der Waals surface area contributed by atoms with Crippen LogP contribution in [0.2, 0.25) is 0 Å². The Morgan fingerprint density at radius 2 is 1.56 bits per heavy atom. The van der Waals surface area contributed by atoms with Crippen molar-refractivity contribution in [1.29, 1.82) is 0 Å². The summed E-state index contributed by atoms with van der Waals surface area (Å²) in [6, 6.07) is 10.9. The van der Waals surface area contributed by atoms with Crippen LogP contribution >= 0.6 is 0 Å². The summed E-state index contributed by atoms with van der Waals surface area (Å²) in [4.78, 5) is -0.351. The van der Waals surface area contributed by atoms with Gasteiger partial charge in [-0.1, -0.05) is 30.3 Å². The number of hydrogen-bond acceptors (Lipinski definition) is 4. The predicted molar refractivity (Wildman–Crippen MR) is 91.4 cm³/mol. The summed E-state index contributed by atoms with van der Waals surface area (Å²) in [6.07, 6.45) is -6.86. The first-order valence-corrected chi connectivity index (χ1v) is 9.68. The molecule has 4 atom stereocenters. The molecule has 0 saturated heterocycles.